The van der Waals surface area contributed by atoms with Gasteiger partial charge in [-0.1, -0.05) is 53.2 Å². The maximum Gasteiger partial charge on any atom is 0.255 e. The summed E-state index contributed by atoms with van der Waals surface area (Å²) in [5.74, 6) is 0.501. The lowest BCUT2D eigenvalue weighted by molar-refractivity contribution is 0.0949. The third-order valence-corrected chi connectivity index (χ3v) is 3.78. The standard InChI is InChI=1S/C17H18BrNO2/c1-2-11-19-17(20)14-8-4-6-10-16(14)21-12-13-7-3-5-9-15(13)18/h3-10H,2,11-12H2,1H3,(H,19,20). The van der Waals surface area contributed by atoms with Gasteiger partial charge in [0.25, 0.3) is 5.91 Å². The number of carbonyl (C=O) groups is 1. The van der Waals surface area contributed by atoms with Crippen LogP contribution in [0.2, 0.25) is 0 Å². The highest BCUT2D eigenvalue weighted by Gasteiger charge is 2.11. The van der Waals surface area contributed by atoms with Gasteiger partial charge in [-0.15, -0.1) is 0 Å². The van der Waals surface area contributed by atoms with Crippen molar-refractivity contribution in [1.29, 1.82) is 0 Å². The number of rotatable bonds is 6. The highest BCUT2D eigenvalue weighted by atomic mass is 79.9. The lowest BCUT2D eigenvalue weighted by Gasteiger charge is -2.12. The second-order valence-electron chi connectivity index (χ2n) is 4.63. The average Bonchev–Trinajstić information content (AvgIpc) is 2.52. The van der Waals surface area contributed by atoms with E-state index in [0.29, 0.717) is 24.5 Å². The zero-order chi connectivity index (χ0) is 15.1. The van der Waals surface area contributed by atoms with E-state index in [1.165, 1.54) is 0 Å². The van der Waals surface area contributed by atoms with Crippen LogP contribution < -0.4 is 10.1 Å². The molecule has 21 heavy (non-hydrogen) atoms. The summed E-state index contributed by atoms with van der Waals surface area (Å²) in [6, 6.07) is 15.2. The van der Waals surface area contributed by atoms with Gasteiger partial charge in [0, 0.05) is 16.6 Å². The molecule has 0 fully saturated rings. The smallest absolute Gasteiger partial charge is 0.255 e. The largest absolute Gasteiger partial charge is 0.488 e. The summed E-state index contributed by atoms with van der Waals surface area (Å²) in [7, 11) is 0. The van der Waals surface area contributed by atoms with Crippen molar-refractivity contribution in [2.24, 2.45) is 0 Å². The van der Waals surface area contributed by atoms with Crippen LogP contribution in [0.15, 0.2) is 53.0 Å². The van der Waals surface area contributed by atoms with Gasteiger partial charge in [-0.25, -0.2) is 0 Å². The Hall–Kier alpha value is -1.81. The Bertz CT molecular complexity index is 613. The molecular formula is C17H18BrNO2. The number of carbonyl (C=O) groups excluding carboxylic acids is 1. The first kappa shape index (κ1) is 15.6. The number of amides is 1. The Morgan fingerprint density at radius 3 is 2.62 bits per heavy atom. The Balaban J connectivity index is 2.10. The van der Waals surface area contributed by atoms with E-state index in [1.54, 1.807) is 6.07 Å². The number of hydrogen-bond acceptors (Lipinski definition) is 2. The van der Waals surface area contributed by atoms with Crippen LogP contribution in [0.4, 0.5) is 0 Å². The van der Waals surface area contributed by atoms with E-state index < -0.39 is 0 Å². The van der Waals surface area contributed by atoms with Crippen LogP contribution in [0.1, 0.15) is 29.3 Å². The SMILES string of the molecule is CCCNC(=O)c1ccccc1OCc1ccccc1Br. The molecule has 2 rings (SSSR count). The number of para-hydroxylation sites is 1. The molecule has 0 bridgehead atoms. The normalized spacial score (nSPS) is 10.2. The van der Waals surface area contributed by atoms with Crippen LogP contribution in [-0.4, -0.2) is 12.5 Å². The summed E-state index contributed by atoms with van der Waals surface area (Å²) in [4.78, 5) is 12.1. The molecule has 110 valence electrons. The van der Waals surface area contributed by atoms with Gasteiger partial charge in [-0.3, -0.25) is 4.79 Å². The highest BCUT2D eigenvalue weighted by molar-refractivity contribution is 9.10. The summed E-state index contributed by atoms with van der Waals surface area (Å²) < 4.78 is 6.81. The van der Waals surface area contributed by atoms with Crippen LogP contribution in [0.3, 0.4) is 0 Å². The molecule has 2 aromatic rings. The van der Waals surface area contributed by atoms with Gasteiger partial charge in [0.2, 0.25) is 0 Å². The van der Waals surface area contributed by atoms with Gasteiger partial charge in [-0.05, 0) is 24.6 Å². The molecule has 2 aromatic carbocycles. The van der Waals surface area contributed by atoms with E-state index in [9.17, 15) is 4.79 Å². The molecule has 0 saturated carbocycles. The Morgan fingerprint density at radius 1 is 1.14 bits per heavy atom. The molecule has 4 heteroatoms. The molecule has 0 atom stereocenters. The van der Waals surface area contributed by atoms with Gasteiger partial charge in [0.15, 0.2) is 0 Å². The molecule has 0 heterocycles. The van der Waals surface area contributed by atoms with Gasteiger partial charge in [-0.2, -0.15) is 0 Å². The van der Waals surface area contributed by atoms with E-state index >= 15 is 0 Å². The minimum atomic E-state index is -0.0976. The lowest BCUT2D eigenvalue weighted by atomic mass is 10.2. The van der Waals surface area contributed by atoms with Crippen LogP contribution in [-0.2, 0) is 6.61 Å². The minimum absolute atomic E-state index is 0.0976. The number of halogens is 1. The van der Waals surface area contributed by atoms with Crippen molar-refractivity contribution in [1.82, 2.24) is 5.32 Å². The van der Waals surface area contributed by atoms with E-state index in [2.05, 4.69) is 21.2 Å². The number of nitrogens with one attached hydrogen (secondary N) is 1. The van der Waals surface area contributed by atoms with Gasteiger partial charge < -0.3 is 10.1 Å². The van der Waals surface area contributed by atoms with Crippen LogP contribution in [0.5, 0.6) is 5.75 Å². The van der Waals surface area contributed by atoms with Crippen molar-refractivity contribution in [3.63, 3.8) is 0 Å². The molecule has 0 spiro atoms. The van der Waals surface area contributed by atoms with E-state index in [0.717, 1.165) is 16.5 Å². The number of benzene rings is 2. The molecule has 0 saturated heterocycles. The van der Waals surface area contributed by atoms with E-state index in [-0.39, 0.29) is 5.91 Å². The summed E-state index contributed by atoms with van der Waals surface area (Å²) in [6.45, 7) is 3.10. The molecule has 1 amide bonds. The maximum atomic E-state index is 12.1. The third-order valence-electron chi connectivity index (χ3n) is 3.01. The summed E-state index contributed by atoms with van der Waals surface area (Å²) in [6.07, 6.45) is 0.908. The van der Waals surface area contributed by atoms with Gasteiger partial charge in [0.1, 0.15) is 12.4 Å². The van der Waals surface area contributed by atoms with E-state index in [1.807, 2.05) is 49.4 Å². The van der Waals surface area contributed by atoms with Crippen molar-refractivity contribution in [3.8, 4) is 5.75 Å². The van der Waals surface area contributed by atoms with Crippen molar-refractivity contribution < 1.29 is 9.53 Å². The van der Waals surface area contributed by atoms with Gasteiger partial charge in [0.05, 0.1) is 5.56 Å². The molecule has 0 aliphatic carbocycles. The Kier molecular flexibility index (Phi) is 5.81. The fourth-order valence-electron chi connectivity index (χ4n) is 1.88. The number of hydrogen-bond donors (Lipinski definition) is 1. The number of ether oxygens (including phenoxy) is 1. The first-order chi connectivity index (χ1) is 10.2. The van der Waals surface area contributed by atoms with E-state index in [4.69, 9.17) is 4.74 Å². The fourth-order valence-corrected chi connectivity index (χ4v) is 2.28. The Morgan fingerprint density at radius 2 is 1.86 bits per heavy atom. The second kappa shape index (κ2) is 7.84. The Labute approximate surface area is 133 Å². The van der Waals surface area contributed by atoms with Crippen molar-refractivity contribution in [3.05, 3.63) is 64.1 Å². The third kappa shape index (κ3) is 4.33. The van der Waals surface area contributed by atoms with Gasteiger partial charge >= 0.3 is 0 Å². The van der Waals surface area contributed by atoms with Crippen LogP contribution in [0.25, 0.3) is 0 Å². The molecule has 0 unspecified atom stereocenters. The summed E-state index contributed by atoms with van der Waals surface area (Å²) in [5, 5.41) is 2.87. The summed E-state index contributed by atoms with van der Waals surface area (Å²) in [5.41, 5.74) is 1.61. The van der Waals surface area contributed by atoms with Crippen molar-refractivity contribution >= 4 is 21.8 Å². The van der Waals surface area contributed by atoms with Crippen molar-refractivity contribution in [2.75, 3.05) is 6.54 Å². The van der Waals surface area contributed by atoms with Crippen molar-refractivity contribution in [2.45, 2.75) is 20.0 Å². The zero-order valence-corrected chi connectivity index (χ0v) is 13.5. The molecule has 1 N–H and O–H groups in total. The zero-order valence-electron chi connectivity index (χ0n) is 11.9. The topological polar surface area (TPSA) is 38.3 Å². The predicted octanol–water partition coefficient (Wildman–Crippen LogP) is 4.17. The monoisotopic (exact) mass is 347 g/mol. The molecular weight excluding hydrogens is 330 g/mol. The molecule has 3 nitrogen and oxygen atoms in total. The van der Waals surface area contributed by atoms with Crippen LogP contribution in [0, 0.1) is 0 Å². The maximum absolute atomic E-state index is 12.1. The minimum Gasteiger partial charge on any atom is -0.488 e. The molecule has 0 radical (unpaired) electrons. The molecule has 0 aliphatic rings. The summed E-state index contributed by atoms with van der Waals surface area (Å²) >= 11 is 3.49. The second-order valence-corrected chi connectivity index (χ2v) is 5.49. The average molecular weight is 348 g/mol. The first-order valence-electron chi connectivity index (χ1n) is 6.95. The molecule has 0 aliphatic heterocycles. The molecule has 0 aromatic heterocycles. The quantitative estimate of drug-likeness (QED) is 0.851. The first-order valence-corrected chi connectivity index (χ1v) is 7.75. The van der Waals surface area contributed by atoms with Crippen LogP contribution >= 0.6 is 15.9 Å². The fraction of sp³-hybridized carbons (Fsp3) is 0.235. The highest BCUT2D eigenvalue weighted by Crippen LogP contribution is 2.22. The predicted molar refractivity (Wildman–Crippen MR) is 87.5 cm³/mol. The lowest BCUT2D eigenvalue weighted by Crippen LogP contribution is -2.24.